The van der Waals surface area contributed by atoms with E-state index in [4.69, 9.17) is 10.5 Å². The molecule has 1 atom stereocenters. The van der Waals surface area contributed by atoms with E-state index >= 15 is 0 Å². The van der Waals surface area contributed by atoms with Gasteiger partial charge >= 0.3 is 0 Å². The summed E-state index contributed by atoms with van der Waals surface area (Å²) in [5.74, 6) is -0.00721. The van der Waals surface area contributed by atoms with Gasteiger partial charge in [0.05, 0.1) is 19.2 Å². The lowest BCUT2D eigenvalue weighted by Gasteiger charge is -2.26. The van der Waals surface area contributed by atoms with Gasteiger partial charge in [-0.15, -0.1) is 11.3 Å². The first-order valence-electron chi connectivity index (χ1n) is 6.30. The first-order valence-corrected chi connectivity index (χ1v) is 7.18. The SMILES string of the molecule is COCCNC(=O)CN(C)C(CN)c1sccc1C. The van der Waals surface area contributed by atoms with Crippen LogP contribution in [-0.2, 0) is 9.53 Å². The molecule has 0 spiro atoms. The van der Waals surface area contributed by atoms with Crippen molar-refractivity contribution in [2.75, 3.05) is 40.4 Å². The maximum absolute atomic E-state index is 11.8. The van der Waals surface area contributed by atoms with E-state index in [0.29, 0.717) is 26.2 Å². The van der Waals surface area contributed by atoms with Gasteiger partial charge in [-0.05, 0) is 31.0 Å². The van der Waals surface area contributed by atoms with E-state index in [1.165, 1.54) is 10.4 Å². The Morgan fingerprint density at radius 2 is 2.37 bits per heavy atom. The molecule has 6 heteroatoms. The first kappa shape index (κ1) is 16.1. The van der Waals surface area contributed by atoms with Crippen molar-refractivity contribution < 1.29 is 9.53 Å². The summed E-state index contributed by atoms with van der Waals surface area (Å²) in [7, 11) is 3.54. The molecule has 0 fully saturated rings. The molecule has 0 aromatic carbocycles. The summed E-state index contributed by atoms with van der Waals surface area (Å²) in [6.07, 6.45) is 0. The zero-order valence-corrected chi connectivity index (χ0v) is 12.6. The van der Waals surface area contributed by atoms with E-state index in [2.05, 4.69) is 23.7 Å². The van der Waals surface area contributed by atoms with Crippen LogP contribution < -0.4 is 11.1 Å². The highest BCUT2D eigenvalue weighted by Gasteiger charge is 2.20. The number of nitrogens with one attached hydrogen (secondary N) is 1. The summed E-state index contributed by atoms with van der Waals surface area (Å²) in [4.78, 5) is 15.0. The molecule has 1 amide bonds. The number of nitrogens with zero attached hydrogens (tertiary/aromatic N) is 1. The van der Waals surface area contributed by atoms with E-state index < -0.39 is 0 Å². The summed E-state index contributed by atoms with van der Waals surface area (Å²) < 4.78 is 4.89. The minimum Gasteiger partial charge on any atom is -0.383 e. The first-order chi connectivity index (χ1) is 9.10. The maximum atomic E-state index is 11.8. The molecule has 0 bridgehead atoms. The summed E-state index contributed by atoms with van der Waals surface area (Å²) >= 11 is 1.69. The van der Waals surface area contributed by atoms with Crippen LogP contribution in [0.2, 0.25) is 0 Å². The van der Waals surface area contributed by atoms with Gasteiger partial charge in [0.15, 0.2) is 0 Å². The van der Waals surface area contributed by atoms with Crippen LogP contribution in [0.15, 0.2) is 11.4 Å². The number of aryl methyl sites for hydroxylation is 1. The van der Waals surface area contributed by atoms with Crippen LogP contribution >= 0.6 is 11.3 Å². The number of ether oxygens (including phenoxy) is 1. The third kappa shape index (κ3) is 4.91. The van der Waals surface area contributed by atoms with E-state index in [0.717, 1.165) is 0 Å². The molecule has 1 unspecified atom stereocenters. The molecule has 5 nitrogen and oxygen atoms in total. The number of carbonyl (C=O) groups excluding carboxylic acids is 1. The highest BCUT2D eigenvalue weighted by Crippen LogP contribution is 2.26. The highest BCUT2D eigenvalue weighted by molar-refractivity contribution is 7.10. The van der Waals surface area contributed by atoms with E-state index in [-0.39, 0.29) is 11.9 Å². The molecular weight excluding hydrogens is 262 g/mol. The minimum atomic E-state index is -0.00721. The van der Waals surface area contributed by atoms with Gasteiger partial charge in [0.1, 0.15) is 0 Å². The Hall–Kier alpha value is -0.950. The Labute approximate surface area is 118 Å². The fourth-order valence-corrected chi connectivity index (χ4v) is 3.00. The number of hydrogen-bond donors (Lipinski definition) is 2. The number of amides is 1. The van der Waals surface area contributed by atoms with E-state index in [9.17, 15) is 4.79 Å². The molecule has 1 heterocycles. The van der Waals surface area contributed by atoms with Crippen LogP contribution in [0.4, 0.5) is 0 Å². The quantitative estimate of drug-likeness (QED) is 0.692. The zero-order chi connectivity index (χ0) is 14.3. The second-order valence-corrected chi connectivity index (χ2v) is 5.42. The van der Waals surface area contributed by atoms with Crippen molar-refractivity contribution >= 4 is 17.2 Å². The highest BCUT2D eigenvalue weighted by atomic mass is 32.1. The van der Waals surface area contributed by atoms with Crippen molar-refractivity contribution in [3.05, 3.63) is 21.9 Å². The molecule has 0 radical (unpaired) electrons. The lowest BCUT2D eigenvalue weighted by atomic mass is 10.1. The van der Waals surface area contributed by atoms with Gasteiger partial charge in [-0.25, -0.2) is 0 Å². The largest absolute Gasteiger partial charge is 0.383 e. The molecule has 3 N–H and O–H groups in total. The number of nitrogens with two attached hydrogens (primary N) is 1. The number of carbonyl (C=O) groups is 1. The van der Waals surface area contributed by atoms with Crippen LogP contribution in [0.5, 0.6) is 0 Å². The van der Waals surface area contributed by atoms with Crippen molar-refractivity contribution in [3.63, 3.8) is 0 Å². The number of likely N-dealkylation sites (N-methyl/N-ethyl adjacent to an activating group) is 1. The van der Waals surface area contributed by atoms with Crippen LogP contribution in [0.25, 0.3) is 0 Å². The van der Waals surface area contributed by atoms with Crippen molar-refractivity contribution in [1.82, 2.24) is 10.2 Å². The van der Waals surface area contributed by atoms with Crippen LogP contribution in [-0.4, -0.2) is 51.2 Å². The Balaban J connectivity index is 2.53. The zero-order valence-electron chi connectivity index (χ0n) is 11.8. The fraction of sp³-hybridized carbons (Fsp3) is 0.615. The molecule has 0 saturated heterocycles. The maximum Gasteiger partial charge on any atom is 0.234 e. The second kappa shape index (κ2) is 8.27. The van der Waals surface area contributed by atoms with E-state index in [1.54, 1.807) is 18.4 Å². The molecule has 0 aliphatic heterocycles. The van der Waals surface area contributed by atoms with Gasteiger partial charge in [-0.1, -0.05) is 0 Å². The van der Waals surface area contributed by atoms with Gasteiger partial charge in [-0.3, -0.25) is 9.69 Å². The molecule has 19 heavy (non-hydrogen) atoms. The standard InChI is InChI=1S/C13H23N3O2S/c1-10-4-7-19-13(10)11(8-14)16(2)9-12(17)15-5-6-18-3/h4,7,11H,5-6,8-9,14H2,1-3H3,(H,15,17). The summed E-state index contributed by atoms with van der Waals surface area (Å²) in [6.45, 7) is 3.97. The normalized spacial score (nSPS) is 12.7. The third-order valence-corrected chi connectivity index (χ3v) is 4.10. The monoisotopic (exact) mass is 285 g/mol. The minimum absolute atomic E-state index is 0.00721. The Kier molecular flexibility index (Phi) is 7.01. The van der Waals surface area contributed by atoms with Crippen molar-refractivity contribution in [3.8, 4) is 0 Å². The summed E-state index contributed by atoms with van der Waals surface area (Å²) in [5, 5.41) is 4.87. The smallest absolute Gasteiger partial charge is 0.234 e. The van der Waals surface area contributed by atoms with Gasteiger partial charge in [0.25, 0.3) is 0 Å². The van der Waals surface area contributed by atoms with Crippen LogP contribution in [0, 0.1) is 6.92 Å². The van der Waals surface area contributed by atoms with Crippen LogP contribution in [0.1, 0.15) is 16.5 Å². The summed E-state index contributed by atoms with van der Waals surface area (Å²) in [6, 6.07) is 2.17. The molecule has 1 aromatic heterocycles. The second-order valence-electron chi connectivity index (χ2n) is 4.48. The van der Waals surface area contributed by atoms with Gasteiger partial charge in [0, 0.05) is 25.1 Å². The molecule has 0 aliphatic rings. The van der Waals surface area contributed by atoms with Gasteiger partial charge in [-0.2, -0.15) is 0 Å². The Bertz CT molecular complexity index is 395. The molecule has 108 valence electrons. The van der Waals surface area contributed by atoms with Crippen molar-refractivity contribution in [2.45, 2.75) is 13.0 Å². The molecule has 0 saturated carbocycles. The average molecular weight is 285 g/mol. The van der Waals surface area contributed by atoms with Crippen LogP contribution in [0.3, 0.4) is 0 Å². The number of hydrogen-bond acceptors (Lipinski definition) is 5. The number of methoxy groups -OCH3 is 1. The predicted molar refractivity (Wildman–Crippen MR) is 78.4 cm³/mol. The lowest BCUT2D eigenvalue weighted by molar-refractivity contribution is -0.122. The topological polar surface area (TPSA) is 67.6 Å². The number of rotatable bonds is 8. The molecule has 1 aromatic rings. The van der Waals surface area contributed by atoms with Crippen molar-refractivity contribution in [1.29, 1.82) is 0 Å². The van der Waals surface area contributed by atoms with E-state index in [1.807, 2.05) is 11.9 Å². The van der Waals surface area contributed by atoms with Gasteiger partial charge < -0.3 is 15.8 Å². The molecular formula is C13H23N3O2S. The van der Waals surface area contributed by atoms with Crippen molar-refractivity contribution in [2.24, 2.45) is 5.73 Å². The van der Waals surface area contributed by atoms with Gasteiger partial charge in [0.2, 0.25) is 5.91 Å². The molecule has 0 aliphatic carbocycles. The predicted octanol–water partition coefficient (Wildman–Crippen LogP) is 0.751. The fourth-order valence-electron chi connectivity index (χ4n) is 1.90. The average Bonchev–Trinajstić information content (AvgIpc) is 2.77. The summed E-state index contributed by atoms with van der Waals surface area (Å²) in [5.41, 5.74) is 7.07. The lowest BCUT2D eigenvalue weighted by Crippen LogP contribution is -2.40. The Morgan fingerprint density at radius 1 is 1.63 bits per heavy atom. The molecule has 1 rings (SSSR count). The number of thiophene rings is 1. The Morgan fingerprint density at radius 3 is 2.89 bits per heavy atom. The third-order valence-electron chi connectivity index (χ3n) is 2.98.